The number of hydrogen-bond acceptors (Lipinski definition) is 3. The quantitative estimate of drug-likeness (QED) is 0.783. The molecule has 1 amide bonds. The molecule has 0 N–H and O–H groups in total. The van der Waals surface area contributed by atoms with Crippen LogP contribution in [0.3, 0.4) is 0 Å². The number of nitrogens with zero attached hydrogens (tertiary/aromatic N) is 2. The van der Waals surface area contributed by atoms with E-state index >= 15 is 0 Å². The number of para-hydroxylation sites is 1. The molecule has 1 atom stereocenters. The fourth-order valence-electron chi connectivity index (χ4n) is 3.76. The number of hydrogen-bond donors (Lipinski definition) is 0. The van der Waals surface area contributed by atoms with Gasteiger partial charge in [0.05, 0.1) is 5.56 Å². The molecule has 1 fully saturated rings. The molecule has 1 saturated heterocycles. The zero-order valence-electron chi connectivity index (χ0n) is 16.2. The van der Waals surface area contributed by atoms with Crippen LogP contribution in [-0.4, -0.2) is 43.8 Å². The molecule has 0 radical (unpaired) electrons. The first-order valence-electron chi connectivity index (χ1n) is 9.68. The Morgan fingerprint density at radius 2 is 1.74 bits per heavy atom. The summed E-state index contributed by atoms with van der Waals surface area (Å²) in [7, 11) is 3.89. The monoisotopic (exact) mass is 364 g/mol. The predicted octanol–water partition coefficient (Wildman–Crippen LogP) is 3.81. The van der Waals surface area contributed by atoms with Gasteiger partial charge in [0, 0.05) is 45.2 Å². The summed E-state index contributed by atoms with van der Waals surface area (Å²) in [5.74, 6) is 0.259. The molecule has 2 aromatic rings. The summed E-state index contributed by atoms with van der Waals surface area (Å²) in [5, 5.41) is 0. The van der Waals surface area contributed by atoms with Gasteiger partial charge in [0.25, 0.3) is 5.91 Å². The first-order valence-corrected chi connectivity index (χ1v) is 9.68. The maximum absolute atomic E-state index is 13.1. The highest BCUT2D eigenvalue weighted by Gasteiger charge is 2.29. The number of anilines is 1. The highest BCUT2D eigenvalue weighted by Crippen LogP contribution is 2.25. The Labute approximate surface area is 161 Å². The Balaban J connectivity index is 1.63. The van der Waals surface area contributed by atoms with Gasteiger partial charge in [-0.25, -0.2) is 0 Å². The van der Waals surface area contributed by atoms with Crippen LogP contribution in [-0.2, 0) is 11.2 Å². The normalized spacial score (nSPS) is 16.8. The molecule has 1 aliphatic rings. The number of carbonyl (C=O) groups is 2. The molecule has 0 bridgehead atoms. The van der Waals surface area contributed by atoms with Gasteiger partial charge in [0.2, 0.25) is 0 Å². The third-order valence-electron chi connectivity index (χ3n) is 5.28. The number of carbonyl (C=O) groups excluding carboxylic acids is 2. The molecular weight excluding hydrogens is 336 g/mol. The molecule has 1 heterocycles. The fourth-order valence-corrected chi connectivity index (χ4v) is 3.76. The van der Waals surface area contributed by atoms with E-state index in [0.717, 1.165) is 31.5 Å². The smallest absolute Gasteiger partial charge is 0.255 e. The summed E-state index contributed by atoms with van der Waals surface area (Å²) in [6, 6.07) is 17.8. The minimum absolute atomic E-state index is 0.0276. The summed E-state index contributed by atoms with van der Waals surface area (Å²) < 4.78 is 0. The molecule has 0 saturated carbocycles. The van der Waals surface area contributed by atoms with Gasteiger partial charge in [-0.1, -0.05) is 42.5 Å². The lowest BCUT2D eigenvalue weighted by Gasteiger charge is -2.33. The number of likely N-dealkylation sites (tertiary alicyclic amines) is 1. The van der Waals surface area contributed by atoms with Crippen LogP contribution in [0.1, 0.15) is 35.2 Å². The molecule has 4 heteroatoms. The van der Waals surface area contributed by atoms with Crippen LogP contribution in [0.2, 0.25) is 0 Å². The molecule has 4 nitrogen and oxygen atoms in total. The van der Waals surface area contributed by atoms with E-state index in [1.807, 2.05) is 66.4 Å². The lowest BCUT2D eigenvalue weighted by atomic mass is 9.90. The largest absolute Gasteiger partial charge is 0.377 e. The zero-order valence-corrected chi connectivity index (χ0v) is 16.2. The SMILES string of the molecule is CN(C)c1ccccc1C(=O)N1CCC[C@H](C(=O)CCc2ccccc2)C1. The molecule has 0 aliphatic carbocycles. The Morgan fingerprint density at radius 3 is 2.48 bits per heavy atom. The summed E-state index contributed by atoms with van der Waals surface area (Å²) >= 11 is 0. The second-order valence-corrected chi connectivity index (χ2v) is 7.45. The molecular formula is C23H28N2O2. The topological polar surface area (TPSA) is 40.6 Å². The van der Waals surface area contributed by atoms with E-state index < -0.39 is 0 Å². The van der Waals surface area contributed by atoms with Crippen molar-refractivity contribution < 1.29 is 9.59 Å². The van der Waals surface area contributed by atoms with Crippen LogP contribution in [0.25, 0.3) is 0 Å². The second-order valence-electron chi connectivity index (χ2n) is 7.45. The van der Waals surface area contributed by atoms with Crippen LogP contribution in [0, 0.1) is 5.92 Å². The van der Waals surface area contributed by atoms with Gasteiger partial charge in [0.15, 0.2) is 0 Å². The number of aryl methyl sites for hydroxylation is 1. The Bertz CT molecular complexity index is 786. The Hall–Kier alpha value is -2.62. The molecule has 2 aromatic carbocycles. The Morgan fingerprint density at radius 1 is 1.04 bits per heavy atom. The third kappa shape index (κ3) is 4.76. The second kappa shape index (κ2) is 8.85. The first-order chi connectivity index (χ1) is 13.1. The van der Waals surface area contributed by atoms with Crippen molar-refractivity contribution in [2.45, 2.75) is 25.7 Å². The molecule has 27 heavy (non-hydrogen) atoms. The van der Waals surface area contributed by atoms with Gasteiger partial charge >= 0.3 is 0 Å². The Kier molecular flexibility index (Phi) is 6.28. The summed E-state index contributed by atoms with van der Waals surface area (Å²) in [4.78, 5) is 29.6. The number of ketones is 1. The van der Waals surface area contributed by atoms with Crippen molar-refractivity contribution >= 4 is 17.4 Å². The molecule has 0 spiro atoms. The number of piperidine rings is 1. The maximum atomic E-state index is 13.1. The number of benzene rings is 2. The van der Waals surface area contributed by atoms with Crippen molar-refractivity contribution in [2.24, 2.45) is 5.92 Å². The van der Waals surface area contributed by atoms with Crippen molar-refractivity contribution in [3.63, 3.8) is 0 Å². The van der Waals surface area contributed by atoms with Gasteiger partial charge in [-0.2, -0.15) is 0 Å². The predicted molar refractivity (Wildman–Crippen MR) is 109 cm³/mol. The minimum Gasteiger partial charge on any atom is -0.377 e. The van der Waals surface area contributed by atoms with Crippen LogP contribution in [0.5, 0.6) is 0 Å². The van der Waals surface area contributed by atoms with Gasteiger partial charge in [-0.05, 0) is 37.0 Å². The van der Waals surface area contributed by atoms with Crippen LogP contribution in [0.4, 0.5) is 5.69 Å². The van der Waals surface area contributed by atoms with Crippen molar-refractivity contribution in [3.8, 4) is 0 Å². The highest BCUT2D eigenvalue weighted by atomic mass is 16.2. The first kappa shape index (κ1) is 19.2. The average molecular weight is 364 g/mol. The number of amides is 1. The standard InChI is InChI=1S/C23H28N2O2/c1-24(2)21-13-7-6-12-20(21)23(27)25-16-8-11-19(17-25)22(26)15-14-18-9-4-3-5-10-18/h3-7,9-10,12-13,19H,8,11,14-17H2,1-2H3/t19-/m0/s1. The van der Waals surface area contributed by atoms with E-state index in [-0.39, 0.29) is 17.6 Å². The van der Waals surface area contributed by atoms with Crippen molar-refractivity contribution in [2.75, 3.05) is 32.1 Å². The van der Waals surface area contributed by atoms with E-state index in [4.69, 9.17) is 0 Å². The molecule has 0 aromatic heterocycles. The molecule has 1 aliphatic heterocycles. The highest BCUT2D eigenvalue weighted by molar-refractivity contribution is 6.00. The van der Waals surface area contributed by atoms with E-state index in [0.29, 0.717) is 18.5 Å². The zero-order chi connectivity index (χ0) is 19.2. The van der Waals surface area contributed by atoms with Crippen LogP contribution < -0.4 is 4.90 Å². The number of rotatable bonds is 6. The van der Waals surface area contributed by atoms with Crippen molar-refractivity contribution in [1.82, 2.24) is 4.90 Å². The molecule has 142 valence electrons. The van der Waals surface area contributed by atoms with Crippen LogP contribution >= 0.6 is 0 Å². The third-order valence-corrected chi connectivity index (χ3v) is 5.28. The van der Waals surface area contributed by atoms with Gasteiger partial charge in [-0.3, -0.25) is 9.59 Å². The van der Waals surface area contributed by atoms with Crippen LogP contribution in [0.15, 0.2) is 54.6 Å². The summed E-state index contributed by atoms with van der Waals surface area (Å²) in [6.07, 6.45) is 3.09. The van der Waals surface area contributed by atoms with E-state index in [2.05, 4.69) is 12.1 Å². The minimum atomic E-state index is -0.0436. The maximum Gasteiger partial charge on any atom is 0.255 e. The van der Waals surface area contributed by atoms with Gasteiger partial charge in [-0.15, -0.1) is 0 Å². The number of Topliss-reactive ketones (excluding diaryl/α,β-unsaturated/α-hetero) is 1. The molecule has 3 rings (SSSR count). The van der Waals surface area contributed by atoms with Crippen molar-refractivity contribution in [1.29, 1.82) is 0 Å². The summed E-state index contributed by atoms with van der Waals surface area (Å²) in [6.45, 7) is 1.26. The lowest BCUT2D eigenvalue weighted by Crippen LogP contribution is -2.42. The molecule has 0 unspecified atom stereocenters. The van der Waals surface area contributed by atoms with E-state index in [9.17, 15) is 9.59 Å². The average Bonchev–Trinajstić information content (AvgIpc) is 2.72. The van der Waals surface area contributed by atoms with Crippen molar-refractivity contribution in [3.05, 3.63) is 65.7 Å². The fraction of sp³-hybridized carbons (Fsp3) is 0.391. The summed E-state index contributed by atoms with van der Waals surface area (Å²) in [5.41, 5.74) is 2.81. The van der Waals surface area contributed by atoms with Gasteiger partial charge in [0.1, 0.15) is 5.78 Å². The van der Waals surface area contributed by atoms with Gasteiger partial charge < -0.3 is 9.80 Å². The van der Waals surface area contributed by atoms with E-state index in [1.54, 1.807) is 0 Å². The lowest BCUT2D eigenvalue weighted by molar-refractivity contribution is -0.124. The van der Waals surface area contributed by atoms with E-state index in [1.165, 1.54) is 5.56 Å².